The number of amides is 2. The Hall–Kier alpha value is -4.30. The molecule has 8 heteroatoms. The fourth-order valence-corrected chi connectivity index (χ4v) is 5.12. The number of hydrogen-bond donors (Lipinski definition) is 1. The van der Waals surface area contributed by atoms with E-state index in [4.69, 9.17) is 4.74 Å². The molecule has 2 amide bonds. The van der Waals surface area contributed by atoms with Gasteiger partial charge in [0.2, 0.25) is 0 Å². The number of imidazole rings is 1. The SMILES string of the molecule is Cc1ccccc1C(=O)Nc1ccc(C(=O)N2CC(OCCCn3ccnc3)CCc3cc(F)ccc32)c(C)c1. The average molecular weight is 541 g/mol. The van der Waals surface area contributed by atoms with Gasteiger partial charge >= 0.3 is 0 Å². The van der Waals surface area contributed by atoms with Crippen LogP contribution in [0, 0.1) is 19.7 Å². The van der Waals surface area contributed by atoms with E-state index < -0.39 is 0 Å². The van der Waals surface area contributed by atoms with Gasteiger partial charge in [-0.05, 0) is 92.3 Å². The lowest BCUT2D eigenvalue weighted by Crippen LogP contribution is -2.38. The van der Waals surface area contributed by atoms with Gasteiger partial charge in [-0.15, -0.1) is 0 Å². The lowest BCUT2D eigenvalue weighted by Gasteiger charge is -2.27. The van der Waals surface area contributed by atoms with Crippen molar-refractivity contribution in [1.29, 1.82) is 0 Å². The first kappa shape index (κ1) is 27.3. The van der Waals surface area contributed by atoms with Gasteiger partial charge in [-0.1, -0.05) is 18.2 Å². The second-order valence-electron chi connectivity index (χ2n) is 10.2. The summed E-state index contributed by atoms with van der Waals surface area (Å²) in [4.78, 5) is 32.5. The molecule has 4 aromatic rings. The average Bonchev–Trinajstić information content (AvgIpc) is 3.39. The molecular weight excluding hydrogens is 507 g/mol. The summed E-state index contributed by atoms with van der Waals surface area (Å²) in [5.41, 5.74) is 4.84. The third-order valence-electron chi connectivity index (χ3n) is 7.28. The van der Waals surface area contributed by atoms with Crippen LogP contribution in [-0.2, 0) is 17.7 Å². The van der Waals surface area contributed by atoms with Gasteiger partial charge in [-0.2, -0.15) is 0 Å². The van der Waals surface area contributed by atoms with Gasteiger partial charge in [-0.3, -0.25) is 9.59 Å². The minimum atomic E-state index is -0.323. The Morgan fingerprint density at radius 2 is 1.90 bits per heavy atom. The monoisotopic (exact) mass is 540 g/mol. The molecule has 0 saturated carbocycles. The van der Waals surface area contributed by atoms with Gasteiger partial charge in [0.1, 0.15) is 5.82 Å². The molecule has 0 radical (unpaired) electrons. The molecule has 40 heavy (non-hydrogen) atoms. The van der Waals surface area contributed by atoms with Gasteiger partial charge in [0.15, 0.2) is 0 Å². The Bertz CT molecular complexity index is 1500. The van der Waals surface area contributed by atoms with E-state index in [0.29, 0.717) is 48.5 Å². The topological polar surface area (TPSA) is 76.5 Å². The van der Waals surface area contributed by atoms with Gasteiger partial charge < -0.3 is 19.5 Å². The maximum atomic E-state index is 14.1. The zero-order valence-corrected chi connectivity index (χ0v) is 22.8. The Morgan fingerprint density at radius 1 is 1.05 bits per heavy atom. The Morgan fingerprint density at radius 3 is 2.67 bits per heavy atom. The van der Waals surface area contributed by atoms with Crippen LogP contribution >= 0.6 is 0 Å². The molecule has 0 spiro atoms. The summed E-state index contributed by atoms with van der Waals surface area (Å²) in [6.07, 6.45) is 7.38. The van der Waals surface area contributed by atoms with E-state index in [0.717, 1.165) is 29.7 Å². The Kier molecular flexibility index (Phi) is 8.36. The third kappa shape index (κ3) is 6.29. The second-order valence-corrected chi connectivity index (χ2v) is 10.2. The predicted molar refractivity (Wildman–Crippen MR) is 153 cm³/mol. The molecule has 7 nitrogen and oxygen atoms in total. The summed E-state index contributed by atoms with van der Waals surface area (Å²) in [6.45, 7) is 5.46. The number of nitrogens with one attached hydrogen (secondary N) is 1. The first-order valence-electron chi connectivity index (χ1n) is 13.5. The fraction of sp³-hybridized carbons (Fsp3) is 0.281. The molecule has 1 atom stereocenters. The van der Waals surface area contributed by atoms with Crippen LogP contribution in [-0.4, -0.2) is 40.6 Å². The summed E-state index contributed by atoms with van der Waals surface area (Å²) in [6, 6.07) is 17.3. The van der Waals surface area contributed by atoms with Crippen LogP contribution in [0.5, 0.6) is 0 Å². The molecule has 0 saturated heterocycles. The number of aryl methyl sites for hydroxylation is 4. The quantitative estimate of drug-likeness (QED) is 0.280. The van der Waals surface area contributed by atoms with Gasteiger partial charge in [0, 0.05) is 48.0 Å². The van der Waals surface area contributed by atoms with E-state index in [1.54, 1.807) is 47.8 Å². The number of benzene rings is 3. The predicted octanol–water partition coefficient (Wildman–Crippen LogP) is 5.96. The van der Waals surface area contributed by atoms with E-state index in [1.165, 1.54) is 12.1 Å². The van der Waals surface area contributed by atoms with E-state index in [2.05, 4.69) is 10.3 Å². The number of ether oxygens (including phenoxy) is 1. The van der Waals surface area contributed by atoms with Crippen molar-refractivity contribution in [2.24, 2.45) is 0 Å². The number of rotatable bonds is 8. The summed E-state index contributed by atoms with van der Waals surface area (Å²) >= 11 is 0. The van der Waals surface area contributed by atoms with Crippen LogP contribution in [0.4, 0.5) is 15.8 Å². The highest BCUT2D eigenvalue weighted by Gasteiger charge is 2.29. The van der Waals surface area contributed by atoms with E-state index in [9.17, 15) is 14.0 Å². The lowest BCUT2D eigenvalue weighted by atomic mass is 10.0. The van der Waals surface area contributed by atoms with Crippen LogP contribution in [0.1, 0.15) is 50.2 Å². The van der Waals surface area contributed by atoms with Crippen molar-refractivity contribution in [1.82, 2.24) is 9.55 Å². The molecule has 2 heterocycles. The van der Waals surface area contributed by atoms with Gasteiger partial charge in [0.05, 0.1) is 19.0 Å². The smallest absolute Gasteiger partial charge is 0.258 e. The molecule has 1 aliphatic rings. The lowest BCUT2D eigenvalue weighted by molar-refractivity contribution is 0.0489. The number of halogens is 1. The molecule has 0 bridgehead atoms. The van der Waals surface area contributed by atoms with E-state index >= 15 is 0 Å². The largest absolute Gasteiger partial charge is 0.376 e. The highest BCUT2D eigenvalue weighted by atomic mass is 19.1. The van der Waals surface area contributed by atoms with Crippen LogP contribution in [0.25, 0.3) is 0 Å². The van der Waals surface area contributed by atoms with Crippen molar-refractivity contribution in [3.8, 4) is 0 Å². The van der Waals surface area contributed by atoms with Crippen LogP contribution in [0.2, 0.25) is 0 Å². The van der Waals surface area contributed by atoms with Crippen molar-refractivity contribution in [2.45, 2.75) is 45.8 Å². The zero-order valence-electron chi connectivity index (χ0n) is 22.8. The van der Waals surface area contributed by atoms with E-state index in [1.807, 2.05) is 42.8 Å². The maximum absolute atomic E-state index is 14.1. The maximum Gasteiger partial charge on any atom is 0.258 e. The van der Waals surface area contributed by atoms with Crippen molar-refractivity contribution >= 4 is 23.2 Å². The number of aromatic nitrogens is 2. The summed E-state index contributed by atoms with van der Waals surface area (Å²) < 4.78 is 22.4. The van der Waals surface area contributed by atoms with Crippen molar-refractivity contribution in [3.63, 3.8) is 0 Å². The number of nitrogens with zero attached hydrogens (tertiary/aromatic N) is 3. The number of carbonyl (C=O) groups excluding carboxylic acids is 2. The van der Waals surface area contributed by atoms with Crippen LogP contribution in [0.15, 0.2) is 79.4 Å². The second kappa shape index (κ2) is 12.3. The first-order chi connectivity index (χ1) is 19.4. The number of anilines is 2. The molecule has 1 aliphatic heterocycles. The van der Waals surface area contributed by atoms with Crippen molar-refractivity contribution in [3.05, 3.63) is 113 Å². The fourth-order valence-electron chi connectivity index (χ4n) is 5.12. The molecular formula is C32H33FN4O3. The highest BCUT2D eigenvalue weighted by molar-refractivity contribution is 6.09. The Labute approximate surface area is 233 Å². The summed E-state index contributed by atoms with van der Waals surface area (Å²) in [7, 11) is 0. The van der Waals surface area contributed by atoms with Crippen LogP contribution < -0.4 is 10.2 Å². The number of hydrogen-bond acceptors (Lipinski definition) is 4. The van der Waals surface area contributed by atoms with Gasteiger partial charge in [0.25, 0.3) is 11.8 Å². The van der Waals surface area contributed by atoms with Crippen molar-refractivity contribution in [2.75, 3.05) is 23.4 Å². The Balaban J connectivity index is 1.32. The molecule has 0 fully saturated rings. The normalized spacial score (nSPS) is 14.9. The van der Waals surface area contributed by atoms with E-state index in [-0.39, 0.29) is 23.7 Å². The standard InChI is InChI=1S/C32H33FN4O3/c1-22-6-3-4-7-28(22)31(38)35-26-10-12-29(23(2)18-26)32(39)37-20-27(40-17-5-15-36-16-14-34-21-36)11-8-24-19-25(33)9-13-30(24)37/h3-4,6-7,9-10,12-14,16,18-19,21,27H,5,8,11,15,17,20H2,1-2H3,(H,35,38). The molecule has 5 rings (SSSR count). The molecule has 206 valence electrons. The highest BCUT2D eigenvalue weighted by Crippen LogP contribution is 2.30. The molecule has 3 aromatic carbocycles. The number of fused-ring (bicyclic) bond motifs is 1. The summed E-state index contributed by atoms with van der Waals surface area (Å²) in [5, 5.41) is 2.93. The number of carbonyl (C=O) groups is 2. The summed E-state index contributed by atoms with van der Waals surface area (Å²) in [5.74, 6) is -0.708. The van der Waals surface area contributed by atoms with Gasteiger partial charge in [-0.25, -0.2) is 9.37 Å². The first-order valence-corrected chi connectivity index (χ1v) is 13.5. The minimum absolute atomic E-state index is 0.184. The van der Waals surface area contributed by atoms with Crippen molar-refractivity contribution < 1.29 is 18.7 Å². The molecule has 0 aliphatic carbocycles. The molecule has 1 N–H and O–H groups in total. The van der Waals surface area contributed by atoms with Crippen LogP contribution in [0.3, 0.4) is 0 Å². The minimum Gasteiger partial charge on any atom is -0.376 e. The molecule has 1 unspecified atom stereocenters. The molecule has 1 aromatic heterocycles. The third-order valence-corrected chi connectivity index (χ3v) is 7.28. The zero-order chi connectivity index (χ0) is 28.1.